The van der Waals surface area contributed by atoms with Gasteiger partial charge in [0.25, 0.3) is 0 Å². The van der Waals surface area contributed by atoms with E-state index >= 15 is 0 Å². The van der Waals surface area contributed by atoms with Crippen LogP contribution in [-0.2, 0) is 9.59 Å². The van der Waals surface area contributed by atoms with Crippen molar-refractivity contribution < 1.29 is 19.4 Å². The molecule has 1 saturated heterocycles. The lowest BCUT2D eigenvalue weighted by Gasteiger charge is -2.30. The van der Waals surface area contributed by atoms with E-state index in [4.69, 9.17) is 4.74 Å². The van der Waals surface area contributed by atoms with E-state index in [1.807, 2.05) is 0 Å². The molecule has 1 aliphatic heterocycles. The summed E-state index contributed by atoms with van der Waals surface area (Å²) in [7, 11) is 1.56. The Morgan fingerprint density at radius 2 is 2.24 bits per heavy atom. The summed E-state index contributed by atoms with van der Waals surface area (Å²) in [6, 6.07) is 7.06. The first-order valence-corrected chi connectivity index (χ1v) is 6.88. The van der Waals surface area contributed by atoms with Crippen LogP contribution in [0.25, 0.3) is 0 Å². The van der Waals surface area contributed by atoms with Crippen LogP contribution in [-0.4, -0.2) is 47.6 Å². The number of hydrogen-bond acceptors (Lipinski definition) is 4. The van der Waals surface area contributed by atoms with E-state index in [9.17, 15) is 14.7 Å². The van der Waals surface area contributed by atoms with E-state index in [2.05, 4.69) is 5.32 Å². The number of rotatable bonds is 5. The molecular formula is C15H20N2O4. The zero-order valence-corrected chi connectivity index (χ0v) is 12.3. The van der Waals surface area contributed by atoms with Gasteiger partial charge in [0.15, 0.2) is 0 Å². The number of amides is 1. The number of carboxylic acids is 1. The molecule has 2 rings (SSSR count). The Morgan fingerprint density at radius 1 is 1.48 bits per heavy atom. The third-order valence-electron chi connectivity index (χ3n) is 3.94. The summed E-state index contributed by atoms with van der Waals surface area (Å²) in [6.45, 7) is 2.36. The third kappa shape index (κ3) is 3.33. The molecule has 1 unspecified atom stereocenters. The Morgan fingerprint density at radius 3 is 2.90 bits per heavy atom. The fourth-order valence-corrected chi connectivity index (χ4v) is 2.59. The lowest BCUT2D eigenvalue weighted by Crippen LogP contribution is -2.50. The lowest BCUT2D eigenvalue weighted by atomic mass is 9.99. The molecule has 0 aromatic heterocycles. The molecule has 2 N–H and O–H groups in total. The summed E-state index contributed by atoms with van der Waals surface area (Å²) < 4.78 is 5.09. The molecule has 1 amide bonds. The molecule has 1 heterocycles. The van der Waals surface area contributed by atoms with Crippen molar-refractivity contribution >= 4 is 17.6 Å². The predicted octanol–water partition coefficient (Wildman–Crippen LogP) is 1.57. The molecular weight excluding hydrogens is 272 g/mol. The van der Waals surface area contributed by atoms with Gasteiger partial charge in [-0.15, -0.1) is 0 Å². The van der Waals surface area contributed by atoms with Gasteiger partial charge in [0.05, 0.1) is 13.7 Å². The van der Waals surface area contributed by atoms with E-state index in [1.165, 1.54) is 0 Å². The van der Waals surface area contributed by atoms with E-state index < -0.39 is 11.5 Å². The largest absolute Gasteiger partial charge is 0.497 e. The maximum atomic E-state index is 12.1. The van der Waals surface area contributed by atoms with Crippen molar-refractivity contribution in [2.75, 3.05) is 25.5 Å². The van der Waals surface area contributed by atoms with Crippen molar-refractivity contribution in [3.63, 3.8) is 0 Å². The molecule has 1 aliphatic rings. The van der Waals surface area contributed by atoms with Gasteiger partial charge in [0.1, 0.15) is 11.3 Å². The average Bonchev–Trinajstić information content (AvgIpc) is 2.81. The summed E-state index contributed by atoms with van der Waals surface area (Å²) in [5, 5.41) is 12.1. The summed E-state index contributed by atoms with van der Waals surface area (Å²) in [5.41, 5.74) is -0.318. The van der Waals surface area contributed by atoms with Gasteiger partial charge in [-0.25, -0.2) is 0 Å². The number of carbonyl (C=O) groups is 2. The van der Waals surface area contributed by atoms with E-state index in [1.54, 1.807) is 43.2 Å². The average molecular weight is 292 g/mol. The summed E-state index contributed by atoms with van der Waals surface area (Å²) >= 11 is 0. The summed E-state index contributed by atoms with van der Waals surface area (Å²) in [5.74, 6) is -0.448. The number of nitrogens with zero attached hydrogens (tertiary/aromatic N) is 1. The highest BCUT2D eigenvalue weighted by Gasteiger charge is 2.43. The normalized spacial score (nSPS) is 22.0. The number of anilines is 1. The van der Waals surface area contributed by atoms with Gasteiger partial charge >= 0.3 is 5.97 Å². The maximum absolute atomic E-state index is 12.1. The van der Waals surface area contributed by atoms with Crippen LogP contribution < -0.4 is 10.1 Å². The molecule has 114 valence electrons. The second kappa shape index (κ2) is 6.13. The molecule has 0 bridgehead atoms. The molecule has 0 radical (unpaired) electrons. The lowest BCUT2D eigenvalue weighted by molar-refractivity contribution is -0.149. The van der Waals surface area contributed by atoms with Gasteiger partial charge in [0, 0.05) is 11.8 Å². The number of benzene rings is 1. The Hall–Kier alpha value is -2.08. The number of methoxy groups -OCH3 is 1. The highest BCUT2D eigenvalue weighted by molar-refractivity contribution is 5.93. The van der Waals surface area contributed by atoms with Crippen LogP contribution in [0.5, 0.6) is 5.75 Å². The maximum Gasteiger partial charge on any atom is 0.323 e. The van der Waals surface area contributed by atoms with Crippen LogP contribution in [0.15, 0.2) is 24.3 Å². The van der Waals surface area contributed by atoms with Gasteiger partial charge in [-0.05, 0) is 38.4 Å². The number of nitrogens with one attached hydrogen (secondary N) is 1. The summed E-state index contributed by atoms with van der Waals surface area (Å²) in [4.78, 5) is 25.2. The van der Waals surface area contributed by atoms with Crippen molar-refractivity contribution in [1.29, 1.82) is 0 Å². The molecule has 0 aliphatic carbocycles. The van der Waals surface area contributed by atoms with Gasteiger partial charge in [-0.3, -0.25) is 14.5 Å². The van der Waals surface area contributed by atoms with Crippen LogP contribution in [0.1, 0.15) is 19.8 Å². The van der Waals surface area contributed by atoms with Crippen molar-refractivity contribution in [2.45, 2.75) is 25.3 Å². The molecule has 1 aromatic carbocycles. The molecule has 1 aromatic rings. The first-order valence-electron chi connectivity index (χ1n) is 6.88. The molecule has 0 saturated carbocycles. The predicted molar refractivity (Wildman–Crippen MR) is 78.5 cm³/mol. The Balaban J connectivity index is 2.00. The van der Waals surface area contributed by atoms with Crippen molar-refractivity contribution in [3.05, 3.63) is 24.3 Å². The van der Waals surface area contributed by atoms with Crippen molar-refractivity contribution in [2.24, 2.45) is 0 Å². The van der Waals surface area contributed by atoms with Crippen LogP contribution >= 0.6 is 0 Å². The monoisotopic (exact) mass is 292 g/mol. The molecule has 1 atom stereocenters. The Labute approximate surface area is 123 Å². The number of carboxylic acid groups (broad SMARTS) is 1. The van der Waals surface area contributed by atoms with Crippen LogP contribution in [0, 0.1) is 0 Å². The smallest absolute Gasteiger partial charge is 0.323 e. The van der Waals surface area contributed by atoms with E-state index in [0.29, 0.717) is 24.4 Å². The highest BCUT2D eigenvalue weighted by Crippen LogP contribution is 2.29. The Kier molecular flexibility index (Phi) is 4.47. The zero-order chi connectivity index (χ0) is 15.5. The molecule has 21 heavy (non-hydrogen) atoms. The molecule has 1 fully saturated rings. The van der Waals surface area contributed by atoms with E-state index in [0.717, 1.165) is 6.42 Å². The zero-order valence-electron chi connectivity index (χ0n) is 12.3. The second-order valence-corrected chi connectivity index (χ2v) is 5.38. The third-order valence-corrected chi connectivity index (χ3v) is 3.94. The molecule has 6 nitrogen and oxygen atoms in total. The van der Waals surface area contributed by atoms with Gasteiger partial charge < -0.3 is 15.2 Å². The fraction of sp³-hybridized carbons (Fsp3) is 0.467. The highest BCUT2D eigenvalue weighted by atomic mass is 16.5. The first-order chi connectivity index (χ1) is 9.95. The minimum Gasteiger partial charge on any atom is -0.497 e. The number of aliphatic carboxylic acids is 1. The van der Waals surface area contributed by atoms with Crippen molar-refractivity contribution in [3.8, 4) is 5.75 Å². The SMILES string of the molecule is COc1cccc(NC(=O)CN2CCCC2(C)C(=O)O)c1. The van der Waals surface area contributed by atoms with Gasteiger partial charge in [-0.2, -0.15) is 0 Å². The standard InChI is InChI=1S/C15H20N2O4/c1-15(14(19)20)7-4-8-17(15)10-13(18)16-11-5-3-6-12(9-11)21-2/h3,5-6,9H,4,7-8,10H2,1-2H3,(H,16,18)(H,19,20). The second-order valence-electron chi connectivity index (χ2n) is 5.38. The molecule has 6 heteroatoms. The van der Waals surface area contributed by atoms with Gasteiger partial charge in [-0.1, -0.05) is 6.07 Å². The van der Waals surface area contributed by atoms with Crippen LogP contribution in [0.4, 0.5) is 5.69 Å². The minimum absolute atomic E-state index is 0.0695. The molecule has 0 spiro atoms. The Bertz CT molecular complexity index is 546. The topological polar surface area (TPSA) is 78.9 Å². The first kappa shape index (κ1) is 15.3. The summed E-state index contributed by atoms with van der Waals surface area (Å²) in [6.07, 6.45) is 1.35. The number of hydrogen-bond donors (Lipinski definition) is 2. The van der Waals surface area contributed by atoms with E-state index in [-0.39, 0.29) is 12.5 Å². The number of ether oxygens (including phenoxy) is 1. The van der Waals surface area contributed by atoms with Crippen LogP contribution in [0.2, 0.25) is 0 Å². The fourth-order valence-electron chi connectivity index (χ4n) is 2.59. The van der Waals surface area contributed by atoms with Gasteiger partial charge in [0.2, 0.25) is 5.91 Å². The quantitative estimate of drug-likeness (QED) is 0.861. The number of likely N-dealkylation sites (tertiary alicyclic amines) is 1. The number of carbonyl (C=O) groups excluding carboxylic acids is 1. The van der Waals surface area contributed by atoms with Crippen LogP contribution in [0.3, 0.4) is 0 Å². The minimum atomic E-state index is -0.953. The van der Waals surface area contributed by atoms with Crippen molar-refractivity contribution in [1.82, 2.24) is 4.90 Å².